The third-order valence-electron chi connectivity index (χ3n) is 2.82. The van der Waals surface area contributed by atoms with Crippen molar-refractivity contribution in [3.63, 3.8) is 0 Å². The van der Waals surface area contributed by atoms with Crippen molar-refractivity contribution in [2.75, 3.05) is 13.2 Å². The minimum absolute atomic E-state index is 0.0493. The Bertz CT molecular complexity index is 488. The van der Waals surface area contributed by atoms with E-state index in [2.05, 4.69) is 4.98 Å². The highest BCUT2D eigenvalue weighted by Crippen LogP contribution is 2.29. The molecule has 0 aliphatic heterocycles. The first-order valence-electron chi connectivity index (χ1n) is 6.26. The molecule has 8 heteroatoms. The van der Waals surface area contributed by atoms with Crippen LogP contribution in [0.2, 0.25) is 0 Å². The molecule has 0 spiro atoms. The monoisotopic (exact) mass is 303 g/mol. The van der Waals surface area contributed by atoms with Crippen LogP contribution in [0.3, 0.4) is 0 Å². The minimum Gasteiger partial charge on any atom is -0.475 e. The van der Waals surface area contributed by atoms with Crippen molar-refractivity contribution >= 4 is 12.1 Å². The Hall–Kier alpha value is -2.12. The highest BCUT2D eigenvalue weighted by molar-refractivity contribution is 6.24. The number of amides is 1. The Morgan fingerprint density at radius 2 is 2.19 bits per heavy atom. The molecule has 0 aliphatic carbocycles. The Labute approximate surface area is 120 Å². The van der Waals surface area contributed by atoms with Gasteiger partial charge in [-0.2, -0.15) is 13.2 Å². The molecule has 1 atom stereocenters. The molecule has 1 aromatic heterocycles. The van der Waals surface area contributed by atoms with Gasteiger partial charge in [0.2, 0.25) is 5.88 Å². The first-order chi connectivity index (χ1) is 9.79. The molecule has 5 nitrogen and oxygen atoms in total. The molecule has 1 aromatic rings. The van der Waals surface area contributed by atoms with Gasteiger partial charge in [0.05, 0.1) is 17.8 Å². The predicted molar refractivity (Wildman–Crippen MR) is 70.4 cm³/mol. The van der Waals surface area contributed by atoms with Crippen molar-refractivity contribution in [3.05, 3.63) is 23.9 Å². The summed E-state index contributed by atoms with van der Waals surface area (Å²) < 4.78 is 42.4. The molecule has 0 saturated heterocycles. The van der Waals surface area contributed by atoms with E-state index in [9.17, 15) is 18.0 Å². The van der Waals surface area contributed by atoms with E-state index in [0.717, 1.165) is 12.1 Å². The molecule has 0 aliphatic rings. The van der Waals surface area contributed by atoms with Crippen LogP contribution in [0.5, 0.6) is 5.88 Å². The van der Waals surface area contributed by atoms with Crippen LogP contribution >= 0.6 is 0 Å². The van der Waals surface area contributed by atoms with E-state index in [1.807, 2.05) is 0 Å². The van der Waals surface area contributed by atoms with E-state index in [0.29, 0.717) is 19.0 Å². The van der Waals surface area contributed by atoms with Gasteiger partial charge in [-0.3, -0.25) is 4.79 Å². The summed E-state index contributed by atoms with van der Waals surface area (Å²) in [5.74, 6) is -0.401. The van der Waals surface area contributed by atoms with E-state index in [4.69, 9.17) is 10.1 Å². The minimum atomic E-state index is -4.44. The standard InChI is InChI=1S/C13H16F3N3O2/c1-3-19(12(20)6-17)9(2)8-21-11-5-4-10(7-18-11)13(14,15)16/h4-7,9,17H,3,8H2,1-2H3/t9-/m0/s1. The number of rotatable bonds is 6. The van der Waals surface area contributed by atoms with Gasteiger partial charge >= 0.3 is 6.18 Å². The van der Waals surface area contributed by atoms with Gasteiger partial charge in [-0.1, -0.05) is 0 Å². The average Bonchev–Trinajstić information content (AvgIpc) is 2.45. The molecule has 21 heavy (non-hydrogen) atoms. The van der Waals surface area contributed by atoms with E-state index >= 15 is 0 Å². The predicted octanol–water partition coefficient (Wildman–Crippen LogP) is 2.37. The second kappa shape index (κ2) is 7.05. The van der Waals surface area contributed by atoms with Crippen molar-refractivity contribution in [2.45, 2.75) is 26.1 Å². The normalized spacial score (nSPS) is 12.6. The second-order valence-corrected chi connectivity index (χ2v) is 4.31. The van der Waals surface area contributed by atoms with Crippen LogP contribution in [-0.2, 0) is 11.0 Å². The Kier molecular flexibility index (Phi) is 5.69. The van der Waals surface area contributed by atoms with Gasteiger partial charge < -0.3 is 15.0 Å². The lowest BCUT2D eigenvalue weighted by molar-refractivity contribution is -0.137. The smallest absolute Gasteiger partial charge is 0.417 e. The molecule has 0 bridgehead atoms. The molecule has 0 fully saturated rings. The van der Waals surface area contributed by atoms with Gasteiger partial charge in [-0.15, -0.1) is 0 Å². The summed E-state index contributed by atoms with van der Waals surface area (Å²) in [6.07, 6.45) is -3.04. The molecular formula is C13H16F3N3O2. The summed E-state index contributed by atoms with van der Waals surface area (Å²) in [6, 6.07) is 1.69. The Morgan fingerprint density at radius 3 is 2.62 bits per heavy atom. The second-order valence-electron chi connectivity index (χ2n) is 4.31. The summed E-state index contributed by atoms with van der Waals surface area (Å²) in [6.45, 7) is 3.95. The molecule has 0 unspecified atom stereocenters. The van der Waals surface area contributed by atoms with Gasteiger partial charge in [0.25, 0.3) is 5.91 Å². The topological polar surface area (TPSA) is 66.3 Å². The third kappa shape index (κ3) is 4.73. The van der Waals surface area contributed by atoms with E-state index < -0.39 is 17.6 Å². The number of ether oxygens (including phenoxy) is 1. The number of aromatic nitrogens is 1. The van der Waals surface area contributed by atoms with Crippen LogP contribution in [0, 0.1) is 5.41 Å². The number of nitrogens with zero attached hydrogens (tertiary/aromatic N) is 2. The number of hydrogen-bond donors (Lipinski definition) is 1. The zero-order valence-electron chi connectivity index (χ0n) is 11.6. The largest absolute Gasteiger partial charge is 0.475 e. The zero-order chi connectivity index (χ0) is 16.0. The van der Waals surface area contributed by atoms with Gasteiger partial charge in [0, 0.05) is 18.8 Å². The number of likely N-dealkylation sites (N-methyl/N-ethyl adjacent to an activating group) is 1. The number of nitrogens with one attached hydrogen (secondary N) is 1. The quantitative estimate of drug-likeness (QED) is 0.820. The summed E-state index contributed by atoms with van der Waals surface area (Å²) >= 11 is 0. The van der Waals surface area contributed by atoms with Crippen molar-refractivity contribution in [1.82, 2.24) is 9.88 Å². The average molecular weight is 303 g/mol. The lowest BCUT2D eigenvalue weighted by Crippen LogP contribution is -2.42. The summed E-state index contributed by atoms with van der Waals surface area (Å²) in [5.41, 5.74) is -0.850. The van der Waals surface area contributed by atoms with Crippen LogP contribution in [0.25, 0.3) is 0 Å². The molecular weight excluding hydrogens is 287 g/mol. The van der Waals surface area contributed by atoms with E-state index in [1.165, 1.54) is 4.90 Å². The van der Waals surface area contributed by atoms with Crippen molar-refractivity contribution in [3.8, 4) is 5.88 Å². The molecule has 1 rings (SSSR count). The van der Waals surface area contributed by atoms with Crippen LogP contribution < -0.4 is 4.74 Å². The van der Waals surface area contributed by atoms with E-state index in [1.54, 1.807) is 13.8 Å². The molecule has 0 saturated carbocycles. The molecule has 0 aromatic carbocycles. The maximum absolute atomic E-state index is 12.4. The van der Waals surface area contributed by atoms with Crippen LogP contribution in [0.1, 0.15) is 19.4 Å². The van der Waals surface area contributed by atoms with Gasteiger partial charge in [0.15, 0.2) is 0 Å². The fraction of sp³-hybridized carbons (Fsp3) is 0.462. The lowest BCUT2D eigenvalue weighted by atomic mass is 10.3. The number of carbonyl (C=O) groups excluding carboxylic acids is 1. The van der Waals surface area contributed by atoms with Gasteiger partial charge in [0.1, 0.15) is 6.61 Å². The number of pyridine rings is 1. The van der Waals surface area contributed by atoms with Gasteiger partial charge in [-0.05, 0) is 19.9 Å². The Morgan fingerprint density at radius 1 is 1.52 bits per heavy atom. The summed E-state index contributed by atoms with van der Waals surface area (Å²) in [7, 11) is 0. The zero-order valence-corrected chi connectivity index (χ0v) is 11.6. The molecule has 1 amide bonds. The molecule has 1 N–H and O–H groups in total. The maximum Gasteiger partial charge on any atom is 0.417 e. The van der Waals surface area contributed by atoms with Crippen molar-refractivity contribution in [1.29, 1.82) is 5.41 Å². The van der Waals surface area contributed by atoms with Crippen LogP contribution in [-0.4, -0.2) is 41.2 Å². The highest BCUT2D eigenvalue weighted by atomic mass is 19.4. The summed E-state index contributed by atoms with van der Waals surface area (Å²) in [4.78, 5) is 16.4. The maximum atomic E-state index is 12.4. The fourth-order valence-corrected chi connectivity index (χ4v) is 1.70. The van der Waals surface area contributed by atoms with Gasteiger partial charge in [-0.25, -0.2) is 4.98 Å². The van der Waals surface area contributed by atoms with E-state index in [-0.39, 0.29) is 18.5 Å². The van der Waals surface area contributed by atoms with Crippen LogP contribution in [0.15, 0.2) is 18.3 Å². The number of hydrogen-bond acceptors (Lipinski definition) is 4. The van der Waals surface area contributed by atoms with Crippen molar-refractivity contribution in [2.24, 2.45) is 0 Å². The lowest BCUT2D eigenvalue weighted by Gasteiger charge is -2.26. The SMILES string of the molecule is CCN(C(=O)C=N)[C@@H](C)COc1ccc(C(F)(F)F)cn1. The number of alkyl halides is 3. The number of halogens is 3. The molecule has 0 radical (unpaired) electrons. The molecule has 116 valence electrons. The highest BCUT2D eigenvalue weighted by Gasteiger charge is 2.30. The van der Waals surface area contributed by atoms with Crippen LogP contribution in [0.4, 0.5) is 13.2 Å². The fourth-order valence-electron chi connectivity index (χ4n) is 1.70. The Balaban J connectivity index is 2.62. The summed E-state index contributed by atoms with van der Waals surface area (Å²) in [5, 5.41) is 6.94. The first-order valence-corrected chi connectivity index (χ1v) is 6.26. The van der Waals surface area contributed by atoms with Crippen molar-refractivity contribution < 1.29 is 22.7 Å². The third-order valence-corrected chi connectivity index (χ3v) is 2.82. The number of carbonyl (C=O) groups is 1. The first kappa shape index (κ1) is 16.9. The molecule has 1 heterocycles.